The predicted molar refractivity (Wildman–Crippen MR) is 64.0 cm³/mol. The highest BCUT2D eigenvalue weighted by molar-refractivity contribution is 5.70. The zero-order valence-corrected chi connectivity index (χ0v) is 10.5. The summed E-state index contributed by atoms with van der Waals surface area (Å²) in [4.78, 5) is 10.8. The number of halogens is 3. The highest BCUT2D eigenvalue weighted by Crippen LogP contribution is 2.28. The summed E-state index contributed by atoms with van der Waals surface area (Å²) in [6.07, 6.45) is -2.08. The van der Waals surface area contributed by atoms with Crippen molar-refractivity contribution in [3.63, 3.8) is 0 Å². The second-order valence-electron chi connectivity index (χ2n) is 4.83. The van der Waals surface area contributed by atoms with Crippen LogP contribution in [0.2, 0.25) is 0 Å². The van der Waals surface area contributed by atoms with Gasteiger partial charge >= 0.3 is 12.1 Å². The number of carboxylic acid groups (broad SMARTS) is 1. The van der Waals surface area contributed by atoms with Crippen LogP contribution in [0, 0.1) is 5.92 Å². The Labute approximate surface area is 113 Å². The van der Waals surface area contributed by atoms with Crippen molar-refractivity contribution in [1.29, 1.82) is 0 Å². The Morgan fingerprint density at radius 2 is 1.85 bits per heavy atom. The Morgan fingerprint density at radius 3 is 2.30 bits per heavy atom. The maximum Gasteiger partial charge on any atom is 0.435 e. The van der Waals surface area contributed by atoms with E-state index >= 15 is 0 Å². The Balaban J connectivity index is 1.90. The van der Waals surface area contributed by atoms with E-state index in [1.54, 1.807) is 0 Å². The number of nitrogens with zero attached hydrogens (tertiary/aromatic N) is 2. The second kappa shape index (κ2) is 5.64. The van der Waals surface area contributed by atoms with Crippen LogP contribution in [-0.4, -0.2) is 27.3 Å². The van der Waals surface area contributed by atoms with Gasteiger partial charge in [0.05, 0.1) is 5.92 Å². The summed E-state index contributed by atoms with van der Waals surface area (Å²) < 4.78 is 37.0. The lowest BCUT2D eigenvalue weighted by Crippen LogP contribution is -2.29. The largest absolute Gasteiger partial charge is 0.481 e. The van der Waals surface area contributed by atoms with Crippen LogP contribution >= 0.6 is 0 Å². The first-order valence-corrected chi connectivity index (χ1v) is 6.26. The molecule has 5 nitrogen and oxygen atoms in total. The molecule has 0 spiro atoms. The van der Waals surface area contributed by atoms with E-state index in [-0.39, 0.29) is 17.8 Å². The maximum absolute atomic E-state index is 12.3. The van der Waals surface area contributed by atoms with Crippen molar-refractivity contribution in [2.24, 2.45) is 5.92 Å². The predicted octanol–water partition coefficient (Wildman–Crippen LogP) is 2.55. The number of nitrogens with one attached hydrogen (secondary N) is 1. The second-order valence-corrected chi connectivity index (χ2v) is 4.83. The molecule has 1 heterocycles. The Morgan fingerprint density at radius 1 is 1.20 bits per heavy atom. The molecule has 0 radical (unpaired) electrons. The quantitative estimate of drug-likeness (QED) is 0.894. The molecule has 1 aromatic rings. The molecule has 0 atom stereocenters. The fourth-order valence-corrected chi connectivity index (χ4v) is 2.25. The smallest absolute Gasteiger partial charge is 0.435 e. The number of anilines is 1. The van der Waals surface area contributed by atoms with Gasteiger partial charge < -0.3 is 10.4 Å². The minimum absolute atomic E-state index is 0.0247. The molecule has 8 heteroatoms. The Kier molecular flexibility index (Phi) is 4.10. The molecule has 1 aliphatic rings. The van der Waals surface area contributed by atoms with Gasteiger partial charge in [0.2, 0.25) is 0 Å². The highest BCUT2D eigenvalue weighted by Gasteiger charge is 2.33. The number of aromatic nitrogens is 2. The van der Waals surface area contributed by atoms with Crippen LogP contribution in [0.4, 0.5) is 19.0 Å². The molecule has 1 fully saturated rings. The maximum atomic E-state index is 12.3. The normalized spacial score (nSPS) is 23.4. The zero-order valence-electron chi connectivity index (χ0n) is 10.5. The minimum Gasteiger partial charge on any atom is -0.481 e. The first-order valence-electron chi connectivity index (χ1n) is 6.26. The topological polar surface area (TPSA) is 75.1 Å². The monoisotopic (exact) mass is 289 g/mol. The Bertz CT molecular complexity index is 468. The lowest BCUT2D eigenvalue weighted by Gasteiger charge is -2.27. The first kappa shape index (κ1) is 14.5. The minimum atomic E-state index is -4.49. The van der Waals surface area contributed by atoms with E-state index in [1.165, 1.54) is 6.07 Å². The number of hydrogen-bond donors (Lipinski definition) is 2. The van der Waals surface area contributed by atoms with Gasteiger partial charge in [-0.05, 0) is 37.8 Å². The third kappa shape index (κ3) is 3.58. The highest BCUT2D eigenvalue weighted by atomic mass is 19.4. The fraction of sp³-hybridized carbons (Fsp3) is 0.583. The average molecular weight is 289 g/mol. The number of alkyl halides is 3. The molecule has 0 bridgehead atoms. The summed E-state index contributed by atoms with van der Waals surface area (Å²) in [5.74, 6) is -0.846. The summed E-state index contributed by atoms with van der Waals surface area (Å²) >= 11 is 0. The fourth-order valence-electron chi connectivity index (χ4n) is 2.25. The van der Waals surface area contributed by atoms with Gasteiger partial charge in [-0.1, -0.05) is 0 Å². The zero-order chi connectivity index (χ0) is 14.8. The molecule has 0 amide bonds. The molecule has 0 aliphatic heterocycles. The molecule has 110 valence electrons. The van der Waals surface area contributed by atoms with Gasteiger partial charge in [-0.3, -0.25) is 4.79 Å². The van der Waals surface area contributed by atoms with Crippen molar-refractivity contribution >= 4 is 11.8 Å². The van der Waals surface area contributed by atoms with Crippen molar-refractivity contribution in [3.8, 4) is 0 Å². The lowest BCUT2D eigenvalue weighted by molar-refractivity contribution is -0.143. The number of rotatable bonds is 3. The van der Waals surface area contributed by atoms with Crippen molar-refractivity contribution < 1.29 is 23.1 Å². The number of carbonyl (C=O) groups is 1. The summed E-state index contributed by atoms with van der Waals surface area (Å²) in [5, 5.41) is 18.5. The first-order chi connectivity index (χ1) is 9.36. The lowest BCUT2D eigenvalue weighted by atomic mass is 9.86. The van der Waals surface area contributed by atoms with E-state index in [0.717, 1.165) is 6.07 Å². The molecule has 2 N–H and O–H groups in total. The van der Waals surface area contributed by atoms with Gasteiger partial charge in [-0.15, -0.1) is 10.2 Å². The number of hydrogen-bond acceptors (Lipinski definition) is 4. The van der Waals surface area contributed by atoms with E-state index < -0.39 is 17.8 Å². The summed E-state index contributed by atoms with van der Waals surface area (Å²) in [5.41, 5.74) is -1.03. The standard InChI is InChI=1S/C12H14F3N3O2/c13-12(14,15)9-5-6-10(18-17-9)16-8-3-1-7(2-4-8)11(19)20/h5-8H,1-4H2,(H,16,18)(H,19,20). The molecule has 1 aromatic heterocycles. The number of aliphatic carboxylic acids is 1. The van der Waals surface area contributed by atoms with E-state index in [2.05, 4.69) is 15.5 Å². The van der Waals surface area contributed by atoms with E-state index in [4.69, 9.17) is 5.11 Å². The van der Waals surface area contributed by atoms with Crippen molar-refractivity contribution in [1.82, 2.24) is 10.2 Å². The van der Waals surface area contributed by atoms with Gasteiger partial charge in [-0.25, -0.2) is 0 Å². The van der Waals surface area contributed by atoms with E-state index in [9.17, 15) is 18.0 Å². The summed E-state index contributed by atoms with van der Waals surface area (Å²) in [6, 6.07) is 2.13. The molecule has 2 rings (SSSR count). The summed E-state index contributed by atoms with van der Waals surface area (Å²) in [6.45, 7) is 0. The van der Waals surface area contributed by atoms with Crippen LogP contribution in [-0.2, 0) is 11.0 Å². The molecular weight excluding hydrogens is 275 g/mol. The van der Waals surface area contributed by atoms with Crippen LogP contribution in [0.25, 0.3) is 0 Å². The van der Waals surface area contributed by atoms with Crippen LogP contribution in [0.3, 0.4) is 0 Å². The third-order valence-electron chi connectivity index (χ3n) is 3.38. The SMILES string of the molecule is O=C(O)C1CCC(Nc2ccc(C(F)(F)F)nn2)CC1. The molecule has 0 aromatic carbocycles. The van der Waals surface area contributed by atoms with Gasteiger partial charge in [0.15, 0.2) is 5.69 Å². The third-order valence-corrected chi connectivity index (χ3v) is 3.38. The van der Waals surface area contributed by atoms with Crippen molar-refractivity contribution in [2.45, 2.75) is 37.9 Å². The van der Waals surface area contributed by atoms with Crippen LogP contribution < -0.4 is 5.32 Å². The van der Waals surface area contributed by atoms with Gasteiger partial charge in [0, 0.05) is 6.04 Å². The molecule has 1 aliphatic carbocycles. The molecule has 20 heavy (non-hydrogen) atoms. The molecule has 0 unspecified atom stereocenters. The average Bonchev–Trinajstić information content (AvgIpc) is 2.39. The van der Waals surface area contributed by atoms with Crippen molar-refractivity contribution in [2.75, 3.05) is 5.32 Å². The molecule has 0 saturated heterocycles. The van der Waals surface area contributed by atoms with Crippen molar-refractivity contribution in [3.05, 3.63) is 17.8 Å². The Hall–Kier alpha value is -1.86. The molecular formula is C12H14F3N3O2. The molecule has 1 saturated carbocycles. The number of carboxylic acids is 1. The van der Waals surface area contributed by atoms with Crippen LogP contribution in [0.15, 0.2) is 12.1 Å². The summed E-state index contributed by atoms with van der Waals surface area (Å²) in [7, 11) is 0. The van der Waals surface area contributed by atoms with E-state index in [1.807, 2.05) is 0 Å². The van der Waals surface area contributed by atoms with Gasteiger partial charge in [-0.2, -0.15) is 13.2 Å². The van der Waals surface area contributed by atoms with Gasteiger partial charge in [0.1, 0.15) is 5.82 Å². The van der Waals surface area contributed by atoms with Crippen LogP contribution in [0.5, 0.6) is 0 Å². The van der Waals surface area contributed by atoms with Crippen LogP contribution in [0.1, 0.15) is 31.4 Å². The van der Waals surface area contributed by atoms with Gasteiger partial charge in [0.25, 0.3) is 0 Å². The van der Waals surface area contributed by atoms with E-state index in [0.29, 0.717) is 25.7 Å².